The number of aliphatic carboxylic acids is 1. The third kappa shape index (κ3) is 2.14. The Morgan fingerprint density at radius 3 is 2.33 bits per heavy atom. The Morgan fingerprint density at radius 1 is 1.47 bits per heavy atom. The number of nitrogens with one attached hydrogen (secondary N) is 1. The van der Waals surface area contributed by atoms with Gasteiger partial charge in [-0.2, -0.15) is 8.78 Å². The van der Waals surface area contributed by atoms with Crippen molar-refractivity contribution in [2.75, 3.05) is 0 Å². The quantitative estimate of drug-likeness (QED) is 0.814. The van der Waals surface area contributed by atoms with Gasteiger partial charge in [-0.3, -0.25) is 4.79 Å². The van der Waals surface area contributed by atoms with Crippen molar-refractivity contribution in [3.05, 3.63) is 17.7 Å². The molecule has 0 aliphatic rings. The van der Waals surface area contributed by atoms with Crippen molar-refractivity contribution in [3.8, 4) is 0 Å². The number of rotatable bonds is 3. The topological polar surface area (TPSA) is 66.0 Å². The molecule has 6 heteroatoms. The van der Waals surface area contributed by atoms with E-state index in [-0.39, 0.29) is 5.69 Å². The summed E-state index contributed by atoms with van der Waals surface area (Å²) in [6.07, 6.45) is 1.13. The molecule has 1 heterocycles. The second-order valence-electron chi connectivity index (χ2n) is 3.96. The zero-order valence-electron chi connectivity index (χ0n) is 8.64. The number of nitrogens with zero attached hydrogens (tertiary/aromatic N) is 1. The van der Waals surface area contributed by atoms with E-state index in [2.05, 4.69) is 9.97 Å². The van der Waals surface area contributed by atoms with Crippen molar-refractivity contribution < 1.29 is 18.7 Å². The number of aromatic nitrogens is 2. The fourth-order valence-electron chi connectivity index (χ4n) is 0.977. The molecule has 0 atom stereocenters. The van der Waals surface area contributed by atoms with Crippen LogP contribution in [-0.4, -0.2) is 21.0 Å². The van der Waals surface area contributed by atoms with E-state index in [1.54, 1.807) is 0 Å². The van der Waals surface area contributed by atoms with Crippen LogP contribution in [0.25, 0.3) is 0 Å². The predicted molar refractivity (Wildman–Crippen MR) is 48.8 cm³/mol. The van der Waals surface area contributed by atoms with Crippen LogP contribution in [-0.2, 0) is 16.1 Å². The van der Waals surface area contributed by atoms with E-state index in [1.165, 1.54) is 13.8 Å². The smallest absolute Gasteiger partial charge is 0.315 e. The van der Waals surface area contributed by atoms with E-state index in [9.17, 15) is 13.6 Å². The first kappa shape index (κ1) is 11.6. The molecule has 0 unspecified atom stereocenters. The van der Waals surface area contributed by atoms with Crippen LogP contribution in [0.2, 0.25) is 0 Å². The highest BCUT2D eigenvalue weighted by Gasteiger charge is 2.35. The first-order valence-electron chi connectivity index (χ1n) is 4.33. The Kier molecular flexibility index (Phi) is 2.54. The second kappa shape index (κ2) is 3.29. The maximum Gasteiger partial charge on any atom is 0.315 e. The lowest BCUT2D eigenvalue weighted by Crippen LogP contribution is -2.29. The van der Waals surface area contributed by atoms with Crippen LogP contribution in [0.1, 0.15) is 32.3 Å². The van der Waals surface area contributed by atoms with Crippen molar-refractivity contribution >= 4 is 5.97 Å². The molecule has 0 aliphatic carbocycles. The van der Waals surface area contributed by atoms with Crippen molar-refractivity contribution in [1.82, 2.24) is 9.97 Å². The summed E-state index contributed by atoms with van der Waals surface area (Å²) in [5, 5.41) is 8.87. The Labute approximate surface area is 85.3 Å². The molecule has 84 valence electrons. The van der Waals surface area contributed by atoms with E-state index in [4.69, 9.17) is 5.11 Å². The molecule has 0 radical (unpaired) electrons. The summed E-state index contributed by atoms with van der Waals surface area (Å²) >= 11 is 0. The molecule has 0 saturated carbocycles. The molecule has 1 aromatic rings. The van der Waals surface area contributed by atoms with Crippen molar-refractivity contribution in [1.29, 1.82) is 0 Å². The fourth-order valence-corrected chi connectivity index (χ4v) is 0.977. The Hall–Kier alpha value is -1.46. The minimum atomic E-state index is -3.09. The summed E-state index contributed by atoms with van der Waals surface area (Å²) in [5.41, 5.74) is -1.09. The van der Waals surface area contributed by atoms with Gasteiger partial charge in [0, 0.05) is 13.1 Å². The number of hydrogen-bond acceptors (Lipinski definition) is 2. The van der Waals surface area contributed by atoms with Crippen LogP contribution in [0.5, 0.6) is 0 Å². The Balaban J connectivity index is 3.10. The van der Waals surface area contributed by atoms with E-state index < -0.39 is 23.1 Å². The Morgan fingerprint density at radius 2 is 2.00 bits per heavy atom. The van der Waals surface area contributed by atoms with E-state index in [0.29, 0.717) is 6.92 Å². The average Bonchev–Trinajstić information content (AvgIpc) is 2.50. The highest BCUT2D eigenvalue weighted by atomic mass is 19.3. The van der Waals surface area contributed by atoms with Gasteiger partial charge in [-0.15, -0.1) is 0 Å². The lowest BCUT2D eigenvalue weighted by atomic mass is 9.90. The molecular weight excluding hydrogens is 206 g/mol. The number of carboxylic acid groups (broad SMARTS) is 1. The van der Waals surface area contributed by atoms with Crippen molar-refractivity contribution in [2.24, 2.45) is 0 Å². The highest BCUT2D eigenvalue weighted by molar-refractivity contribution is 5.79. The molecule has 2 N–H and O–H groups in total. The number of hydrogen-bond donors (Lipinski definition) is 2. The monoisotopic (exact) mass is 218 g/mol. The van der Waals surface area contributed by atoms with Crippen LogP contribution in [0.15, 0.2) is 6.20 Å². The number of alkyl halides is 2. The molecule has 1 rings (SSSR count). The molecule has 0 spiro atoms. The van der Waals surface area contributed by atoms with Crippen molar-refractivity contribution in [2.45, 2.75) is 32.1 Å². The maximum absolute atomic E-state index is 12.8. The molecule has 0 aromatic carbocycles. The van der Waals surface area contributed by atoms with E-state index in [0.717, 1.165) is 6.20 Å². The molecular formula is C9H12F2N2O2. The van der Waals surface area contributed by atoms with E-state index in [1.807, 2.05) is 0 Å². The third-order valence-electron chi connectivity index (χ3n) is 2.20. The summed E-state index contributed by atoms with van der Waals surface area (Å²) in [5.74, 6) is -4.71. The molecule has 4 nitrogen and oxygen atoms in total. The molecule has 1 aromatic heterocycles. The highest BCUT2D eigenvalue weighted by Crippen LogP contribution is 2.27. The molecule has 0 fully saturated rings. The van der Waals surface area contributed by atoms with Gasteiger partial charge in [-0.25, -0.2) is 4.98 Å². The molecule has 0 amide bonds. The largest absolute Gasteiger partial charge is 0.481 e. The molecule has 0 bridgehead atoms. The summed E-state index contributed by atoms with van der Waals surface area (Å²) in [6, 6.07) is 0. The van der Waals surface area contributed by atoms with E-state index >= 15 is 0 Å². The number of carboxylic acids is 1. The van der Waals surface area contributed by atoms with Crippen LogP contribution < -0.4 is 0 Å². The molecule has 15 heavy (non-hydrogen) atoms. The van der Waals surface area contributed by atoms with Crippen LogP contribution in [0, 0.1) is 0 Å². The number of halogens is 2. The summed E-state index contributed by atoms with van der Waals surface area (Å²) < 4.78 is 25.6. The molecule has 0 aliphatic heterocycles. The van der Waals surface area contributed by atoms with Gasteiger partial charge >= 0.3 is 11.9 Å². The molecule has 0 saturated heterocycles. The fraction of sp³-hybridized carbons (Fsp3) is 0.556. The third-order valence-corrected chi connectivity index (χ3v) is 2.20. The lowest BCUT2D eigenvalue weighted by molar-refractivity contribution is -0.142. The predicted octanol–water partition coefficient (Wildman–Crippen LogP) is 1.88. The maximum atomic E-state index is 12.8. The standard InChI is InChI=1S/C9H12F2N2O2/c1-8(2,7(14)15)5-4-12-6(13-5)9(3,10)11/h4H,1-3H3,(H,12,13)(H,14,15). The zero-order chi connectivity index (χ0) is 11.9. The number of imidazole rings is 1. The Bertz CT molecular complexity index is 380. The minimum Gasteiger partial charge on any atom is -0.481 e. The SMILES string of the molecule is CC(F)(F)c1ncc(C(C)(C)C(=O)O)[nH]1. The van der Waals surface area contributed by atoms with Crippen LogP contribution in [0.4, 0.5) is 8.78 Å². The normalized spacial score (nSPS) is 12.9. The minimum absolute atomic E-state index is 0.159. The summed E-state index contributed by atoms with van der Waals surface area (Å²) in [4.78, 5) is 16.6. The lowest BCUT2D eigenvalue weighted by Gasteiger charge is -2.16. The zero-order valence-corrected chi connectivity index (χ0v) is 8.64. The first-order chi connectivity index (χ1) is 6.65. The van der Waals surface area contributed by atoms with Gasteiger partial charge in [-0.1, -0.05) is 0 Å². The van der Waals surface area contributed by atoms with Crippen LogP contribution >= 0.6 is 0 Å². The van der Waals surface area contributed by atoms with Crippen LogP contribution in [0.3, 0.4) is 0 Å². The number of H-pyrrole nitrogens is 1. The van der Waals surface area contributed by atoms with Gasteiger partial charge in [0.15, 0.2) is 5.82 Å². The number of aromatic amines is 1. The van der Waals surface area contributed by atoms with Gasteiger partial charge in [0.25, 0.3) is 0 Å². The summed E-state index contributed by atoms with van der Waals surface area (Å²) in [6.45, 7) is 3.53. The average molecular weight is 218 g/mol. The van der Waals surface area contributed by atoms with Gasteiger partial charge in [-0.05, 0) is 13.8 Å². The van der Waals surface area contributed by atoms with Gasteiger partial charge in [0.2, 0.25) is 0 Å². The summed E-state index contributed by atoms with van der Waals surface area (Å²) in [7, 11) is 0. The van der Waals surface area contributed by atoms with Gasteiger partial charge < -0.3 is 10.1 Å². The number of carbonyl (C=O) groups is 1. The second-order valence-corrected chi connectivity index (χ2v) is 3.96. The van der Waals surface area contributed by atoms with Crippen molar-refractivity contribution in [3.63, 3.8) is 0 Å². The first-order valence-corrected chi connectivity index (χ1v) is 4.33. The van der Waals surface area contributed by atoms with Gasteiger partial charge in [0.05, 0.1) is 5.69 Å². The van der Waals surface area contributed by atoms with Gasteiger partial charge in [0.1, 0.15) is 5.41 Å².